The van der Waals surface area contributed by atoms with Crippen LogP contribution in [0.5, 0.6) is 5.75 Å². The highest BCUT2D eigenvalue weighted by Crippen LogP contribution is 2.19. The molecule has 6 nitrogen and oxygen atoms in total. The van der Waals surface area contributed by atoms with E-state index in [4.69, 9.17) is 25.1 Å². The fourth-order valence-electron chi connectivity index (χ4n) is 1.44. The van der Waals surface area contributed by atoms with Gasteiger partial charge in [-0.1, -0.05) is 0 Å². The van der Waals surface area contributed by atoms with Crippen LogP contribution in [0.2, 0.25) is 0 Å². The third kappa shape index (κ3) is 5.58. The van der Waals surface area contributed by atoms with Crippen LogP contribution in [0.25, 0.3) is 0 Å². The molecule has 0 aromatic heterocycles. The van der Waals surface area contributed by atoms with Gasteiger partial charge in [0.25, 0.3) is 0 Å². The lowest BCUT2D eigenvalue weighted by Gasteiger charge is -2.08. The first kappa shape index (κ1) is 15.3. The number of carboxylic acid groups (broad SMARTS) is 1. The summed E-state index contributed by atoms with van der Waals surface area (Å²) in [6.07, 6.45) is 0.835. The van der Waals surface area contributed by atoms with Gasteiger partial charge in [0.15, 0.2) is 0 Å². The molecule has 0 amide bonds. The summed E-state index contributed by atoms with van der Waals surface area (Å²) < 4.78 is 15.6. The third-order valence-corrected chi connectivity index (χ3v) is 2.39. The SMILES string of the molecule is COCCCOCCOc1ccc(N)c(C(=O)O)c1. The first-order valence-corrected chi connectivity index (χ1v) is 5.97. The molecule has 0 radical (unpaired) electrons. The summed E-state index contributed by atoms with van der Waals surface area (Å²) in [5.41, 5.74) is 5.80. The number of hydrogen-bond donors (Lipinski definition) is 2. The van der Waals surface area contributed by atoms with Crippen molar-refractivity contribution in [1.82, 2.24) is 0 Å². The molecule has 0 bridgehead atoms. The Morgan fingerprint density at radius 1 is 1.26 bits per heavy atom. The van der Waals surface area contributed by atoms with Crippen molar-refractivity contribution in [3.8, 4) is 5.75 Å². The van der Waals surface area contributed by atoms with E-state index in [0.29, 0.717) is 32.2 Å². The highest BCUT2D eigenvalue weighted by Gasteiger charge is 2.08. The molecule has 0 aliphatic rings. The number of methoxy groups -OCH3 is 1. The molecule has 1 rings (SSSR count). The Kier molecular flexibility index (Phi) is 6.70. The maximum atomic E-state index is 10.9. The molecule has 0 unspecified atom stereocenters. The molecular weight excluding hydrogens is 250 g/mol. The van der Waals surface area contributed by atoms with E-state index >= 15 is 0 Å². The average molecular weight is 269 g/mol. The van der Waals surface area contributed by atoms with E-state index < -0.39 is 5.97 Å². The second-order valence-electron chi connectivity index (χ2n) is 3.86. The van der Waals surface area contributed by atoms with E-state index in [1.165, 1.54) is 12.1 Å². The Bertz CT molecular complexity index is 408. The van der Waals surface area contributed by atoms with Gasteiger partial charge in [-0.15, -0.1) is 0 Å². The fraction of sp³-hybridized carbons (Fsp3) is 0.462. The van der Waals surface area contributed by atoms with Gasteiger partial charge in [0, 0.05) is 26.0 Å². The van der Waals surface area contributed by atoms with Crippen molar-refractivity contribution in [2.45, 2.75) is 6.42 Å². The molecule has 0 aliphatic carbocycles. The summed E-state index contributed by atoms with van der Waals surface area (Å²) in [6.45, 7) is 2.08. The molecule has 0 fully saturated rings. The van der Waals surface area contributed by atoms with E-state index in [2.05, 4.69) is 0 Å². The monoisotopic (exact) mass is 269 g/mol. The molecule has 3 N–H and O–H groups in total. The van der Waals surface area contributed by atoms with Gasteiger partial charge in [-0.05, 0) is 24.6 Å². The lowest BCUT2D eigenvalue weighted by Crippen LogP contribution is -2.09. The molecule has 106 valence electrons. The molecule has 0 aliphatic heterocycles. The average Bonchev–Trinajstić information content (AvgIpc) is 2.39. The summed E-state index contributed by atoms with van der Waals surface area (Å²) >= 11 is 0. The summed E-state index contributed by atoms with van der Waals surface area (Å²) in [4.78, 5) is 10.9. The highest BCUT2D eigenvalue weighted by atomic mass is 16.5. The van der Waals surface area contributed by atoms with Crippen molar-refractivity contribution >= 4 is 11.7 Å². The largest absolute Gasteiger partial charge is 0.491 e. The lowest BCUT2D eigenvalue weighted by molar-refractivity contribution is 0.0696. The van der Waals surface area contributed by atoms with Crippen molar-refractivity contribution < 1.29 is 24.1 Å². The van der Waals surface area contributed by atoms with E-state index in [0.717, 1.165) is 6.42 Å². The Morgan fingerprint density at radius 3 is 2.74 bits per heavy atom. The van der Waals surface area contributed by atoms with Crippen LogP contribution in [0.4, 0.5) is 5.69 Å². The third-order valence-electron chi connectivity index (χ3n) is 2.39. The number of rotatable bonds is 9. The van der Waals surface area contributed by atoms with Gasteiger partial charge >= 0.3 is 5.97 Å². The highest BCUT2D eigenvalue weighted by molar-refractivity contribution is 5.94. The van der Waals surface area contributed by atoms with Crippen molar-refractivity contribution in [2.75, 3.05) is 39.3 Å². The minimum Gasteiger partial charge on any atom is -0.491 e. The van der Waals surface area contributed by atoms with Crippen LogP contribution in [0.3, 0.4) is 0 Å². The Hall–Kier alpha value is -1.79. The molecule has 0 spiro atoms. The molecular formula is C13H19NO5. The van der Waals surface area contributed by atoms with Crippen molar-refractivity contribution in [3.63, 3.8) is 0 Å². The Balaban J connectivity index is 2.30. The quantitative estimate of drug-likeness (QED) is 0.520. The zero-order valence-corrected chi connectivity index (χ0v) is 10.9. The van der Waals surface area contributed by atoms with Crippen LogP contribution in [-0.2, 0) is 9.47 Å². The molecule has 1 aromatic rings. The number of ether oxygens (including phenoxy) is 3. The summed E-state index contributed by atoms with van der Waals surface area (Å²) in [5.74, 6) is -0.606. The minimum absolute atomic E-state index is 0.0403. The number of anilines is 1. The van der Waals surface area contributed by atoms with Gasteiger partial charge in [-0.2, -0.15) is 0 Å². The molecule has 0 atom stereocenters. The van der Waals surface area contributed by atoms with Crippen LogP contribution in [-0.4, -0.2) is 44.6 Å². The number of aromatic carboxylic acids is 1. The number of carboxylic acids is 1. The summed E-state index contributed by atoms with van der Waals surface area (Å²) in [6, 6.07) is 4.55. The number of nitrogen functional groups attached to an aromatic ring is 1. The number of carbonyl (C=O) groups is 1. The van der Waals surface area contributed by atoms with E-state index in [1.807, 2.05) is 0 Å². The predicted octanol–water partition coefficient (Wildman–Crippen LogP) is 1.40. The zero-order chi connectivity index (χ0) is 14.1. The smallest absolute Gasteiger partial charge is 0.337 e. The molecule has 1 aromatic carbocycles. The second kappa shape index (κ2) is 8.34. The standard InChI is InChI=1S/C13H19NO5/c1-17-5-2-6-18-7-8-19-10-3-4-12(14)11(9-10)13(15)16/h3-4,9H,2,5-8,14H2,1H3,(H,15,16). The van der Waals surface area contributed by atoms with Gasteiger partial charge in [-0.25, -0.2) is 4.79 Å². The van der Waals surface area contributed by atoms with E-state index in [1.54, 1.807) is 13.2 Å². The second-order valence-corrected chi connectivity index (χ2v) is 3.86. The van der Waals surface area contributed by atoms with Crippen LogP contribution >= 0.6 is 0 Å². The molecule has 19 heavy (non-hydrogen) atoms. The van der Waals surface area contributed by atoms with E-state index in [9.17, 15) is 4.79 Å². The fourth-order valence-corrected chi connectivity index (χ4v) is 1.44. The van der Waals surface area contributed by atoms with Gasteiger partial charge in [0.2, 0.25) is 0 Å². The van der Waals surface area contributed by atoms with Crippen LogP contribution in [0, 0.1) is 0 Å². The van der Waals surface area contributed by atoms with Crippen molar-refractivity contribution in [1.29, 1.82) is 0 Å². The molecule has 0 saturated heterocycles. The first-order valence-electron chi connectivity index (χ1n) is 5.97. The molecule has 0 saturated carbocycles. The summed E-state index contributed by atoms with van der Waals surface area (Å²) in [7, 11) is 1.64. The van der Waals surface area contributed by atoms with Crippen LogP contribution in [0.1, 0.15) is 16.8 Å². The van der Waals surface area contributed by atoms with Crippen LogP contribution < -0.4 is 10.5 Å². The zero-order valence-electron chi connectivity index (χ0n) is 10.9. The summed E-state index contributed by atoms with van der Waals surface area (Å²) in [5, 5.41) is 8.91. The number of hydrogen-bond acceptors (Lipinski definition) is 5. The number of nitrogens with two attached hydrogens (primary N) is 1. The van der Waals surface area contributed by atoms with Crippen molar-refractivity contribution in [3.05, 3.63) is 23.8 Å². The predicted molar refractivity (Wildman–Crippen MR) is 70.6 cm³/mol. The lowest BCUT2D eigenvalue weighted by atomic mass is 10.2. The maximum absolute atomic E-state index is 10.9. The molecule has 0 heterocycles. The van der Waals surface area contributed by atoms with Gasteiger partial charge < -0.3 is 25.1 Å². The normalized spacial score (nSPS) is 10.4. The maximum Gasteiger partial charge on any atom is 0.337 e. The first-order chi connectivity index (χ1) is 9.15. The van der Waals surface area contributed by atoms with Crippen molar-refractivity contribution in [2.24, 2.45) is 0 Å². The van der Waals surface area contributed by atoms with Gasteiger partial charge in [-0.3, -0.25) is 0 Å². The van der Waals surface area contributed by atoms with Gasteiger partial charge in [0.05, 0.1) is 12.2 Å². The van der Waals surface area contributed by atoms with Gasteiger partial charge in [0.1, 0.15) is 12.4 Å². The van der Waals surface area contributed by atoms with Crippen LogP contribution in [0.15, 0.2) is 18.2 Å². The van der Waals surface area contributed by atoms with E-state index in [-0.39, 0.29) is 11.3 Å². The Morgan fingerprint density at radius 2 is 2.05 bits per heavy atom. The minimum atomic E-state index is -1.07. The number of benzene rings is 1. The molecule has 6 heteroatoms. The Labute approximate surface area is 112 Å². The topological polar surface area (TPSA) is 91.0 Å².